The van der Waals surface area contributed by atoms with Crippen LogP contribution >= 0.6 is 11.8 Å². The molecule has 2 aromatic carbocycles. The van der Waals surface area contributed by atoms with Gasteiger partial charge >= 0.3 is 0 Å². The van der Waals surface area contributed by atoms with Crippen molar-refractivity contribution in [2.24, 2.45) is 0 Å². The highest BCUT2D eigenvalue weighted by atomic mass is 32.2. The lowest BCUT2D eigenvalue weighted by Crippen LogP contribution is -2.28. The summed E-state index contributed by atoms with van der Waals surface area (Å²) in [6.07, 6.45) is 5.76. The number of anilines is 2. The molecule has 3 heterocycles. The van der Waals surface area contributed by atoms with E-state index in [4.69, 9.17) is 0 Å². The predicted molar refractivity (Wildman–Crippen MR) is 126 cm³/mol. The Morgan fingerprint density at radius 3 is 2.35 bits per heavy atom. The fourth-order valence-corrected chi connectivity index (χ4v) is 5.02. The second-order valence-corrected chi connectivity index (χ2v) is 8.67. The van der Waals surface area contributed by atoms with Gasteiger partial charge in [-0.05, 0) is 42.0 Å². The van der Waals surface area contributed by atoms with Crippen molar-refractivity contribution in [1.29, 1.82) is 0 Å². The number of rotatable bonds is 5. The van der Waals surface area contributed by atoms with Gasteiger partial charge in [0.25, 0.3) is 0 Å². The van der Waals surface area contributed by atoms with Crippen LogP contribution in [0.4, 0.5) is 11.4 Å². The first kappa shape index (κ1) is 19.5. The van der Waals surface area contributed by atoms with Gasteiger partial charge in [-0.3, -0.25) is 9.69 Å². The van der Waals surface area contributed by atoms with E-state index in [0.29, 0.717) is 5.75 Å². The zero-order valence-corrected chi connectivity index (χ0v) is 18.2. The smallest absolute Gasteiger partial charge is 0.238 e. The van der Waals surface area contributed by atoms with Crippen molar-refractivity contribution in [3.63, 3.8) is 0 Å². The third kappa shape index (κ3) is 3.51. The SMILES string of the molecule is CN(C)c1ccc(C2SCC(=O)N2c2cnn(-c3ccccc3)c2-n2cccc2)cc1. The summed E-state index contributed by atoms with van der Waals surface area (Å²) in [4.78, 5) is 17.0. The highest BCUT2D eigenvalue weighted by Gasteiger charge is 2.37. The van der Waals surface area contributed by atoms with Gasteiger partial charge in [0.1, 0.15) is 11.1 Å². The number of hydrogen-bond acceptors (Lipinski definition) is 4. The number of hydrogen-bond donors (Lipinski definition) is 0. The van der Waals surface area contributed by atoms with Crippen LogP contribution in [0.5, 0.6) is 0 Å². The van der Waals surface area contributed by atoms with E-state index in [1.807, 2.05) is 83.1 Å². The topological polar surface area (TPSA) is 46.3 Å². The molecule has 4 aromatic rings. The summed E-state index contributed by atoms with van der Waals surface area (Å²) in [5, 5.41) is 4.58. The Labute approximate surface area is 185 Å². The van der Waals surface area contributed by atoms with E-state index in [2.05, 4.69) is 34.3 Å². The molecule has 1 aliphatic rings. The minimum atomic E-state index is -0.0913. The van der Waals surface area contributed by atoms with E-state index >= 15 is 0 Å². The van der Waals surface area contributed by atoms with Crippen LogP contribution in [0.2, 0.25) is 0 Å². The van der Waals surface area contributed by atoms with Gasteiger partial charge in [0, 0.05) is 32.2 Å². The standard InChI is InChI=1S/C24H23N5OS/c1-26(2)19-12-10-18(11-13-19)24-28(22(30)17-31-24)21-16-25-29(20-8-4-3-5-9-20)23(21)27-14-6-7-15-27/h3-16,24H,17H2,1-2H3. The fourth-order valence-electron chi connectivity index (χ4n) is 3.85. The van der Waals surface area contributed by atoms with Crippen LogP contribution in [0.1, 0.15) is 10.9 Å². The number of carbonyl (C=O) groups is 1. The van der Waals surface area contributed by atoms with Gasteiger partial charge in [-0.2, -0.15) is 5.10 Å². The lowest BCUT2D eigenvalue weighted by Gasteiger charge is -2.25. The number of para-hydroxylation sites is 1. The van der Waals surface area contributed by atoms with Gasteiger partial charge in [-0.1, -0.05) is 30.3 Å². The highest BCUT2D eigenvalue weighted by Crippen LogP contribution is 2.44. The molecule has 156 valence electrons. The number of benzene rings is 2. The van der Waals surface area contributed by atoms with Crippen LogP contribution in [0.15, 0.2) is 85.3 Å². The molecular weight excluding hydrogens is 406 g/mol. The Balaban J connectivity index is 1.61. The Hall–Kier alpha value is -3.45. The van der Waals surface area contributed by atoms with E-state index < -0.39 is 0 Å². The monoisotopic (exact) mass is 429 g/mol. The Kier molecular flexibility index (Phi) is 5.03. The molecule has 31 heavy (non-hydrogen) atoms. The van der Waals surface area contributed by atoms with Crippen molar-refractivity contribution in [2.75, 3.05) is 29.6 Å². The maximum Gasteiger partial charge on any atom is 0.238 e. The normalized spacial score (nSPS) is 16.1. The molecule has 1 fully saturated rings. The summed E-state index contributed by atoms with van der Waals surface area (Å²) in [6, 6.07) is 22.3. The highest BCUT2D eigenvalue weighted by molar-refractivity contribution is 8.00. The average Bonchev–Trinajstić information content (AvgIpc) is 3.53. The molecule has 0 N–H and O–H groups in total. The van der Waals surface area contributed by atoms with Crippen LogP contribution in [0.3, 0.4) is 0 Å². The minimum Gasteiger partial charge on any atom is -0.378 e. The van der Waals surface area contributed by atoms with Gasteiger partial charge < -0.3 is 9.47 Å². The summed E-state index contributed by atoms with van der Waals surface area (Å²) in [5.74, 6) is 1.39. The summed E-state index contributed by atoms with van der Waals surface area (Å²) in [5.41, 5.74) is 3.99. The largest absolute Gasteiger partial charge is 0.378 e. The van der Waals surface area contributed by atoms with Gasteiger partial charge in [0.15, 0.2) is 5.82 Å². The van der Waals surface area contributed by atoms with Crippen LogP contribution in [-0.4, -0.2) is 40.1 Å². The number of aromatic nitrogens is 3. The maximum absolute atomic E-state index is 13.1. The zero-order chi connectivity index (χ0) is 21.4. The summed E-state index contributed by atoms with van der Waals surface area (Å²) in [7, 11) is 4.05. The van der Waals surface area contributed by atoms with Gasteiger partial charge in [0.2, 0.25) is 5.91 Å². The Morgan fingerprint density at radius 1 is 0.968 bits per heavy atom. The maximum atomic E-state index is 13.1. The van der Waals surface area contributed by atoms with Gasteiger partial charge in [-0.15, -0.1) is 11.8 Å². The predicted octanol–water partition coefficient (Wildman–Crippen LogP) is 4.51. The number of nitrogens with zero attached hydrogens (tertiary/aromatic N) is 5. The second kappa shape index (κ2) is 8.00. The molecule has 0 bridgehead atoms. The molecular formula is C24H23N5OS. The molecule has 1 saturated heterocycles. The van der Waals surface area contributed by atoms with Crippen LogP contribution < -0.4 is 9.80 Å². The van der Waals surface area contributed by atoms with Crippen molar-refractivity contribution in [1.82, 2.24) is 14.3 Å². The molecule has 1 unspecified atom stereocenters. The molecule has 1 aliphatic heterocycles. The van der Waals surface area contributed by atoms with Crippen molar-refractivity contribution in [3.05, 3.63) is 90.9 Å². The van der Waals surface area contributed by atoms with Gasteiger partial charge in [-0.25, -0.2) is 4.68 Å². The van der Waals surface area contributed by atoms with Crippen molar-refractivity contribution < 1.29 is 4.79 Å². The number of amides is 1. The van der Waals surface area contributed by atoms with E-state index in [1.165, 1.54) is 0 Å². The molecule has 0 aliphatic carbocycles. The van der Waals surface area contributed by atoms with E-state index in [1.54, 1.807) is 18.0 Å². The molecule has 7 heteroatoms. The van der Waals surface area contributed by atoms with E-state index in [0.717, 1.165) is 28.4 Å². The number of carbonyl (C=O) groups excluding carboxylic acids is 1. The first-order valence-electron chi connectivity index (χ1n) is 10.1. The minimum absolute atomic E-state index is 0.0905. The van der Waals surface area contributed by atoms with E-state index in [9.17, 15) is 4.79 Å². The molecule has 0 spiro atoms. The number of thioether (sulfide) groups is 1. The second-order valence-electron chi connectivity index (χ2n) is 7.60. The first-order chi connectivity index (χ1) is 15.1. The summed E-state index contributed by atoms with van der Waals surface area (Å²) < 4.78 is 3.90. The zero-order valence-electron chi connectivity index (χ0n) is 17.4. The van der Waals surface area contributed by atoms with Crippen LogP contribution in [-0.2, 0) is 4.79 Å². The molecule has 2 aromatic heterocycles. The Morgan fingerprint density at radius 2 is 1.68 bits per heavy atom. The lowest BCUT2D eigenvalue weighted by atomic mass is 10.1. The van der Waals surface area contributed by atoms with E-state index in [-0.39, 0.29) is 11.3 Å². The first-order valence-corrected chi connectivity index (χ1v) is 11.2. The molecule has 5 rings (SSSR count). The van der Waals surface area contributed by atoms with Crippen LogP contribution in [0, 0.1) is 0 Å². The molecule has 1 amide bonds. The average molecular weight is 430 g/mol. The molecule has 0 saturated carbocycles. The molecule has 6 nitrogen and oxygen atoms in total. The lowest BCUT2D eigenvalue weighted by molar-refractivity contribution is -0.115. The van der Waals surface area contributed by atoms with Crippen molar-refractivity contribution in [3.8, 4) is 11.5 Å². The molecule has 1 atom stereocenters. The third-order valence-corrected chi connectivity index (χ3v) is 6.61. The van der Waals surface area contributed by atoms with Crippen molar-refractivity contribution >= 4 is 29.0 Å². The van der Waals surface area contributed by atoms with Crippen molar-refractivity contribution in [2.45, 2.75) is 5.37 Å². The third-order valence-electron chi connectivity index (χ3n) is 5.40. The van der Waals surface area contributed by atoms with Crippen LogP contribution in [0.25, 0.3) is 11.5 Å². The quantitative estimate of drug-likeness (QED) is 0.468. The summed E-state index contributed by atoms with van der Waals surface area (Å²) >= 11 is 1.65. The summed E-state index contributed by atoms with van der Waals surface area (Å²) in [6.45, 7) is 0. The molecule has 0 radical (unpaired) electrons. The van der Waals surface area contributed by atoms with Gasteiger partial charge in [0.05, 0.1) is 17.6 Å². The Bertz CT molecular complexity index is 1180. The fraction of sp³-hybridized carbons (Fsp3) is 0.167.